The molecule has 14 heavy (non-hydrogen) atoms. The maximum absolute atomic E-state index is 12.7. The van der Waals surface area contributed by atoms with Crippen LogP contribution in [0.25, 0.3) is 0 Å². The van der Waals surface area contributed by atoms with Crippen LogP contribution in [0, 0.1) is 5.82 Å². The third-order valence-corrected chi connectivity index (χ3v) is 2.32. The zero-order valence-electron chi connectivity index (χ0n) is 8.38. The van der Waals surface area contributed by atoms with Gasteiger partial charge < -0.3 is 4.74 Å². The molecule has 2 nitrogen and oxygen atoms in total. The van der Waals surface area contributed by atoms with E-state index in [1.807, 2.05) is 13.8 Å². The van der Waals surface area contributed by atoms with Crippen molar-refractivity contribution in [2.24, 2.45) is 0 Å². The smallest absolute Gasteiger partial charge is 0.135 e. The van der Waals surface area contributed by atoms with Gasteiger partial charge in [0.15, 0.2) is 0 Å². The normalized spacial score (nSPS) is 25.2. The van der Waals surface area contributed by atoms with E-state index in [9.17, 15) is 4.39 Å². The van der Waals surface area contributed by atoms with E-state index >= 15 is 0 Å². The molecular formula is C11H14FNO. The Morgan fingerprint density at radius 2 is 2.00 bits per heavy atom. The van der Waals surface area contributed by atoms with Crippen molar-refractivity contribution in [1.29, 1.82) is 0 Å². The molecule has 1 unspecified atom stereocenters. The summed E-state index contributed by atoms with van der Waals surface area (Å²) in [6, 6.07) is 6.39. The fourth-order valence-corrected chi connectivity index (χ4v) is 1.56. The lowest BCUT2D eigenvalue weighted by molar-refractivity contribution is -0.0156. The quantitative estimate of drug-likeness (QED) is 0.742. The minimum atomic E-state index is -0.217. The highest BCUT2D eigenvalue weighted by Crippen LogP contribution is 2.27. The van der Waals surface area contributed by atoms with Crippen LogP contribution >= 0.6 is 0 Å². The first-order chi connectivity index (χ1) is 6.57. The topological polar surface area (TPSA) is 21.3 Å². The van der Waals surface area contributed by atoms with E-state index in [1.54, 1.807) is 12.1 Å². The van der Waals surface area contributed by atoms with Gasteiger partial charge in [0.05, 0.1) is 5.60 Å². The number of ether oxygens (including phenoxy) is 1. The Kier molecular flexibility index (Phi) is 2.29. The van der Waals surface area contributed by atoms with E-state index in [2.05, 4.69) is 5.32 Å². The van der Waals surface area contributed by atoms with E-state index < -0.39 is 0 Å². The van der Waals surface area contributed by atoms with Gasteiger partial charge in [0.2, 0.25) is 0 Å². The number of hydrogen-bond acceptors (Lipinski definition) is 2. The Labute approximate surface area is 83.1 Å². The lowest BCUT2D eigenvalue weighted by atomic mass is 10.1. The van der Waals surface area contributed by atoms with Crippen LogP contribution in [0.2, 0.25) is 0 Å². The van der Waals surface area contributed by atoms with E-state index in [-0.39, 0.29) is 17.6 Å². The summed E-state index contributed by atoms with van der Waals surface area (Å²) in [5.74, 6) is -0.217. The third kappa shape index (κ3) is 1.94. The third-order valence-electron chi connectivity index (χ3n) is 2.32. The Morgan fingerprint density at radius 3 is 2.50 bits per heavy atom. The van der Waals surface area contributed by atoms with E-state index in [0.717, 1.165) is 12.1 Å². The van der Waals surface area contributed by atoms with Crippen molar-refractivity contribution >= 4 is 0 Å². The van der Waals surface area contributed by atoms with Gasteiger partial charge in [0.1, 0.15) is 12.0 Å². The molecule has 1 aliphatic rings. The SMILES string of the molecule is CC1(C)CNC(c2ccc(F)cc2)O1. The van der Waals surface area contributed by atoms with Crippen LogP contribution in [-0.4, -0.2) is 12.1 Å². The average molecular weight is 195 g/mol. The van der Waals surface area contributed by atoms with Crippen LogP contribution in [-0.2, 0) is 4.74 Å². The number of halogens is 1. The molecule has 0 aromatic heterocycles. The fourth-order valence-electron chi connectivity index (χ4n) is 1.56. The van der Waals surface area contributed by atoms with Crippen molar-refractivity contribution in [3.05, 3.63) is 35.6 Å². The van der Waals surface area contributed by atoms with Gasteiger partial charge >= 0.3 is 0 Å². The Balaban J connectivity index is 2.14. The summed E-state index contributed by atoms with van der Waals surface area (Å²) in [7, 11) is 0. The van der Waals surface area contributed by atoms with Crippen LogP contribution in [0.3, 0.4) is 0 Å². The minimum absolute atomic E-state index is 0.106. The lowest BCUT2D eigenvalue weighted by Crippen LogP contribution is -2.23. The predicted octanol–water partition coefficient (Wildman–Crippen LogP) is 2.22. The van der Waals surface area contributed by atoms with E-state index in [1.165, 1.54) is 12.1 Å². The molecule has 76 valence electrons. The van der Waals surface area contributed by atoms with Gasteiger partial charge in [0, 0.05) is 6.54 Å². The first-order valence-electron chi connectivity index (χ1n) is 4.73. The maximum Gasteiger partial charge on any atom is 0.135 e. The summed E-state index contributed by atoms with van der Waals surface area (Å²) in [5.41, 5.74) is 0.830. The molecular weight excluding hydrogens is 181 g/mol. The summed E-state index contributed by atoms with van der Waals surface area (Å²) in [4.78, 5) is 0. The molecule has 1 atom stereocenters. The van der Waals surface area contributed by atoms with Gasteiger partial charge in [-0.05, 0) is 31.5 Å². The second-order valence-corrected chi connectivity index (χ2v) is 4.19. The monoisotopic (exact) mass is 195 g/mol. The molecule has 1 heterocycles. The van der Waals surface area contributed by atoms with E-state index in [4.69, 9.17) is 4.74 Å². The molecule has 0 amide bonds. The van der Waals surface area contributed by atoms with Crippen molar-refractivity contribution in [2.75, 3.05) is 6.54 Å². The van der Waals surface area contributed by atoms with Gasteiger partial charge in [-0.3, -0.25) is 5.32 Å². The molecule has 0 bridgehead atoms. The molecule has 0 saturated carbocycles. The lowest BCUT2D eigenvalue weighted by Gasteiger charge is -2.17. The minimum Gasteiger partial charge on any atom is -0.352 e. The van der Waals surface area contributed by atoms with Gasteiger partial charge in [-0.1, -0.05) is 12.1 Å². The van der Waals surface area contributed by atoms with Crippen LogP contribution in [0.15, 0.2) is 24.3 Å². The molecule has 1 aliphatic heterocycles. The van der Waals surface area contributed by atoms with Crippen LogP contribution in [0.1, 0.15) is 25.6 Å². The Hall–Kier alpha value is -0.930. The molecule has 2 rings (SSSR count). The van der Waals surface area contributed by atoms with Crippen molar-refractivity contribution < 1.29 is 9.13 Å². The van der Waals surface area contributed by atoms with Crippen LogP contribution in [0.4, 0.5) is 4.39 Å². The van der Waals surface area contributed by atoms with E-state index in [0.29, 0.717) is 0 Å². The number of rotatable bonds is 1. The Morgan fingerprint density at radius 1 is 1.36 bits per heavy atom. The van der Waals surface area contributed by atoms with Crippen molar-refractivity contribution in [3.63, 3.8) is 0 Å². The van der Waals surface area contributed by atoms with Crippen molar-refractivity contribution in [3.8, 4) is 0 Å². The van der Waals surface area contributed by atoms with Gasteiger partial charge in [-0.2, -0.15) is 0 Å². The second kappa shape index (κ2) is 3.33. The summed E-state index contributed by atoms with van der Waals surface area (Å²) >= 11 is 0. The molecule has 1 N–H and O–H groups in total. The molecule has 1 aromatic rings. The van der Waals surface area contributed by atoms with Gasteiger partial charge in [-0.25, -0.2) is 4.39 Å². The summed E-state index contributed by atoms with van der Waals surface area (Å²) < 4.78 is 18.4. The molecule has 1 saturated heterocycles. The summed E-state index contributed by atoms with van der Waals surface area (Å²) in [5, 5.41) is 3.24. The molecule has 3 heteroatoms. The zero-order chi connectivity index (χ0) is 10.2. The fraction of sp³-hybridized carbons (Fsp3) is 0.455. The average Bonchev–Trinajstić information content (AvgIpc) is 2.47. The predicted molar refractivity (Wildman–Crippen MR) is 52.3 cm³/mol. The Bertz CT molecular complexity index is 321. The van der Waals surface area contributed by atoms with Crippen molar-refractivity contribution in [1.82, 2.24) is 5.32 Å². The zero-order valence-corrected chi connectivity index (χ0v) is 8.38. The highest BCUT2D eigenvalue weighted by atomic mass is 19.1. The molecule has 0 radical (unpaired) electrons. The molecule has 0 aliphatic carbocycles. The second-order valence-electron chi connectivity index (χ2n) is 4.19. The molecule has 1 fully saturated rings. The van der Waals surface area contributed by atoms with Gasteiger partial charge in [-0.15, -0.1) is 0 Å². The highest BCUT2D eigenvalue weighted by Gasteiger charge is 2.31. The van der Waals surface area contributed by atoms with Crippen molar-refractivity contribution in [2.45, 2.75) is 25.7 Å². The van der Waals surface area contributed by atoms with Crippen LogP contribution < -0.4 is 5.32 Å². The molecule has 0 spiro atoms. The highest BCUT2D eigenvalue weighted by molar-refractivity contribution is 5.19. The first-order valence-corrected chi connectivity index (χ1v) is 4.73. The number of benzene rings is 1. The standard InChI is InChI=1S/C11H14FNO/c1-11(2)7-13-10(14-11)8-3-5-9(12)6-4-8/h3-6,10,13H,7H2,1-2H3. The summed E-state index contributed by atoms with van der Waals surface area (Å²) in [6.45, 7) is 4.88. The van der Waals surface area contributed by atoms with Gasteiger partial charge in [0.25, 0.3) is 0 Å². The number of hydrogen-bond donors (Lipinski definition) is 1. The first kappa shape index (κ1) is 9.62. The largest absolute Gasteiger partial charge is 0.352 e. The molecule has 1 aromatic carbocycles. The summed E-state index contributed by atoms with van der Waals surface area (Å²) in [6.07, 6.45) is -0.106. The van der Waals surface area contributed by atoms with Crippen LogP contribution in [0.5, 0.6) is 0 Å². The number of nitrogens with one attached hydrogen (secondary N) is 1. The maximum atomic E-state index is 12.7.